The summed E-state index contributed by atoms with van der Waals surface area (Å²) in [4.78, 5) is 0. The summed E-state index contributed by atoms with van der Waals surface area (Å²) in [6, 6.07) is 13.8. The van der Waals surface area contributed by atoms with Crippen LogP contribution in [0.15, 0.2) is 48.5 Å². The Morgan fingerprint density at radius 2 is 1.70 bits per heavy atom. The van der Waals surface area contributed by atoms with Crippen LogP contribution in [0.25, 0.3) is 0 Å². The number of ether oxygens (including phenoxy) is 2. The first-order valence-corrected chi connectivity index (χ1v) is 8.10. The molecule has 1 aliphatic rings. The maximum atomic E-state index is 12.9. The van der Waals surface area contributed by atoms with Crippen LogP contribution in [0.1, 0.15) is 18.4 Å². The fourth-order valence-electron chi connectivity index (χ4n) is 2.70. The lowest BCUT2D eigenvalue weighted by Crippen LogP contribution is -2.32. The minimum absolute atomic E-state index is 0.266. The van der Waals surface area contributed by atoms with Crippen molar-refractivity contribution in [2.45, 2.75) is 19.4 Å². The van der Waals surface area contributed by atoms with Crippen LogP contribution in [0.3, 0.4) is 0 Å². The fraction of sp³-hybridized carbons (Fsp3) is 0.368. The van der Waals surface area contributed by atoms with Crippen LogP contribution < -0.4 is 10.1 Å². The van der Waals surface area contributed by atoms with E-state index in [-0.39, 0.29) is 5.82 Å². The van der Waals surface area contributed by atoms with Gasteiger partial charge >= 0.3 is 0 Å². The Balaban J connectivity index is 1.45. The molecule has 0 aromatic heterocycles. The summed E-state index contributed by atoms with van der Waals surface area (Å²) < 4.78 is 24.3. The van der Waals surface area contributed by atoms with E-state index in [2.05, 4.69) is 5.32 Å². The van der Waals surface area contributed by atoms with Crippen molar-refractivity contribution in [3.8, 4) is 11.5 Å². The van der Waals surface area contributed by atoms with E-state index < -0.39 is 0 Å². The van der Waals surface area contributed by atoms with Gasteiger partial charge < -0.3 is 14.8 Å². The molecule has 0 bridgehead atoms. The highest BCUT2D eigenvalue weighted by atomic mass is 19.1. The van der Waals surface area contributed by atoms with Crippen LogP contribution in [-0.2, 0) is 11.3 Å². The summed E-state index contributed by atoms with van der Waals surface area (Å²) in [5, 5.41) is 3.40. The fourth-order valence-corrected chi connectivity index (χ4v) is 2.70. The Labute approximate surface area is 136 Å². The van der Waals surface area contributed by atoms with Crippen LogP contribution in [-0.4, -0.2) is 19.7 Å². The second-order valence-corrected chi connectivity index (χ2v) is 5.93. The van der Waals surface area contributed by atoms with Crippen molar-refractivity contribution in [1.29, 1.82) is 0 Å². The normalized spacial score (nSPS) is 17.9. The minimum atomic E-state index is -0.266. The maximum Gasteiger partial charge on any atom is 0.127 e. The quantitative estimate of drug-likeness (QED) is 0.869. The zero-order valence-electron chi connectivity index (χ0n) is 13.1. The molecule has 0 saturated carbocycles. The van der Waals surface area contributed by atoms with E-state index in [1.165, 1.54) is 25.0 Å². The van der Waals surface area contributed by atoms with Crippen molar-refractivity contribution in [3.05, 3.63) is 59.9 Å². The standard InChI is InChI=1S/C19H22FNO2/c20-17-5-9-19(10-6-17)23-18-7-3-15(4-8-18)13-22-14-16-2-1-11-21-12-16/h3-10,16,21H,1-2,11-14H2. The monoisotopic (exact) mass is 315 g/mol. The first-order chi connectivity index (χ1) is 11.3. The summed E-state index contributed by atoms with van der Waals surface area (Å²) in [5.74, 6) is 1.72. The zero-order chi connectivity index (χ0) is 15.9. The Kier molecular flexibility index (Phi) is 5.61. The van der Waals surface area contributed by atoms with Crippen LogP contribution >= 0.6 is 0 Å². The predicted molar refractivity (Wildman–Crippen MR) is 88.2 cm³/mol. The second kappa shape index (κ2) is 8.09. The largest absolute Gasteiger partial charge is 0.457 e. The Hall–Kier alpha value is -1.91. The van der Waals surface area contributed by atoms with Gasteiger partial charge in [-0.15, -0.1) is 0 Å². The average Bonchev–Trinajstić information content (AvgIpc) is 2.59. The topological polar surface area (TPSA) is 30.5 Å². The van der Waals surface area contributed by atoms with E-state index in [9.17, 15) is 4.39 Å². The van der Waals surface area contributed by atoms with Gasteiger partial charge in [0.2, 0.25) is 0 Å². The second-order valence-electron chi connectivity index (χ2n) is 5.93. The number of nitrogens with one attached hydrogen (secondary N) is 1. The van der Waals surface area contributed by atoms with Gasteiger partial charge in [-0.05, 0) is 67.3 Å². The number of rotatable bonds is 6. The molecule has 1 fully saturated rings. The minimum Gasteiger partial charge on any atom is -0.457 e. The van der Waals surface area contributed by atoms with Gasteiger partial charge in [-0.3, -0.25) is 0 Å². The van der Waals surface area contributed by atoms with E-state index in [0.29, 0.717) is 18.3 Å². The maximum absolute atomic E-state index is 12.9. The van der Waals surface area contributed by atoms with Gasteiger partial charge in [-0.1, -0.05) is 12.1 Å². The lowest BCUT2D eigenvalue weighted by molar-refractivity contribution is 0.0783. The predicted octanol–water partition coefficient (Wildman–Crippen LogP) is 4.13. The number of piperidine rings is 1. The molecule has 1 atom stereocenters. The van der Waals surface area contributed by atoms with Crippen molar-refractivity contribution in [1.82, 2.24) is 5.32 Å². The molecule has 1 unspecified atom stereocenters. The first kappa shape index (κ1) is 16.0. The molecule has 122 valence electrons. The van der Waals surface area contributed by atoms with Crippen LogP contribution in [0.5, 0.6) is 11.5 Å². The third-order valence-electron chi connectivity index (χ3n) is 3.99. The van der Waals surface area contributed by atoms with E-state index in [1.807, 2.05) is 24.3 Å². The van der Waals surface area contributed by atoms with E-state index in [1.54, 1.807) is 12.1 Å². The van der Waals surface area contributed by atoms with Gasteiger partial charge in [0.15, 0.2) is 0 Å². The SMILES string of the molecule is Fc1ccc(Oc2ccc(COCC3CCCNC3)cc2)cc1. The molecule has 4 heteroatoms. The number of hydrogen-bond donors (Lipinski definition) is 1. The molecule has 0 aliphatic carbocycles. The summed E-state index contributed by atoms with van der Waals surface area (Å²) in [6.45, 7) is 3.62. The summed E-state index contributed by atoms with van der Waals surface area (Å²) >= 11 is 0. The van der Waals surface area contributed by atoms with E-state index >= 15 is 0 Å². The average molecular weight is 315 g/mol. The highest BCUT2D eigenvalue weighted by Gasteiger charge is 2.12. The third-order valence-corrected chi connectivity index (χ3v) is 3.99. The van der Waals surface area contributed by atoms with Crippen LogP contribution in [0, 0.1) is 11.7 Å². The molecule has 0 radical (unpaired) electrons. The van der Waals surface area contributed by atoms with Gasteiger partial charge in [-0.25, -0.2) is 4.39 Å². The van der Waals surface area contributed by atoms with Crippen molar-refractivity contribution >= 4 is 0 Å². The molecular formula is C19H22FNO2. The molecule has 0 spiro atoms. The Morgan fingerprint density at radius 3 is 2.35 bits per heavy atom. The highest BCUT2D eigenvalue weighted by molar-refractivity contribution is 5.33. The molecule has 1 aliphatic heterocycles. The molecule has 2 aromatic rings. The Bertz CT molecular complexity index is 592. The van der Waals surface area contributed by atoms with Crippen molar-refractivity contribution in [2.24, 2.45) is 5.92 Å². The number of halogens is 1. The molecule has 23 heavy (non-hydrogen) atoms. The lowest BCUT2D eigenvalue weighted by atomic mass is 10.0. The van der Waals surface area contributed by atoms with Crippen LogP contribution in [0.2, 0.25) is 0 Å². The lowest BCUT2D eigenvalue weighted by Gasteiger charge is -2.22. The van der Waals surface area contributed by atoms with Gasteiger partial charge in [0.25, 0.3) is 0 Å². The molecule has 3 rings (SSSR count). The molecule has 1 saturated heterocycles. The number of hydrogen-bond acceptors (Lipinski definition) is 3. The number of benzene rings is 2. The smallest absolute Gasteiger partial charge is 0.127 e. The van der Waals surface area contributed by atoms with E-state index in [4.69, 9.17) is 9.47 Å². The zero-order valence-corrected chi connectivity index (χ0v) is 13.1. The Morgan fingerprint density at radius 1 is 1.00 bits per heavy atom. The van der Waals surface area contributed by atoms with Crippen molar-refractivity contribution < 1.29 is 13.9 Å². The summed E-state index contributed by atoms with van der Waals surface area (Å²) in [6.07, 6.45) is 2.49. The van der Waals surface area contributed by atoms with Crippen molar-refractivity contribution in [2.75, 3.05) is 19.7 Å². The molecule has 3 nitrogen and oxygen atoms in total. The molecule has 1 N–H and O–H groups in total. The van der Waals surface area contributed by atoms with Gasteiger partial charge in [0, 0.05) is 6.54 Å². The molecular weight excluding hydrogens is 293 g/mol. The molecule has 0 amide bonds. The first-order valence-electron chi connectivity index (χ1n) is 8.10. The third kappa shape index (κ3) is 5.05. The van der Waals surface area contributed by atoms with Crippen molar-refractivity contribution in [3.63, 3.8) is 0 Å². The summed E-state index contributed by atoms with van der Waals surface area (Å²) in [5.41, 5.74) is 1.13. The highest BCUT2D eigenvalue weighted by Crippen LogP contribution is 2.22. The van der Waals surface area contributed by atoms with Crippen LogP contribution in [0.4, 0.5) is 4.39 Å². The van der Waals surface area contributed by atoms with E-state index in [0.717, 1.165) is 31.0 Å². The van der Waals surface area contributed by atoms with Gasteiger partial charge in [0.05, 0.1) is 13.2 Å². The summed E-state index contributed by atoms with van der Waals surface area (Å²) in [7, 11) is 0. The van der Waals surface area contributed by atoms with Gasteiger partial charge in [-0.2, -0.15) is 0 Å². The molecule has 1 heterocycles. The van der Waals surface area contributed by atoms with Gasteiger partial charge in [0.1, 0.15) is 17.3 Å². The molecule has 2 aromatic carbocycles.